The summed E-state index contributed by atoms with van der Waals surface area (Å²) >= 11 is 1.73. The minimum absolute atomic E-state index is 0.0519. The number of para-hydroxylation sites is 3. The van der Waals surface area contributed by atoms with Crippen molar-refractivity contribution in [1.82, 2.24) is 0 Å². The Morgan fingerprint density at radius 1 is 0.968 bits per heavy atom. The molecule has 0 fully saturated rings. The first-order valence-corrected chi connectivity index (χ1v) is 11.7. The molecule has 0 unspecified atom stereocenters. The van der Waals surface area contributed by atoms with Crippen LogP contribution < -0.4 is 15.4 Å². The van der Waals surface area contributed by atoms with Crippen LogP contribution in [0.3, 0.4) is 0 Å². The molecule has 0 spiro atoms. The Balaban J connectivity index is 1.64. The lowest BCUT2D eigenvalue weighted by molar-refractivity contribution is -0.116. The molecule has 5 heteroatoms. The third-order valence-corrected chi connectivity index (χ3v) is 6.88. The number of allylic oxidation sites excluding steroid dienone is 1. The van der Waals surface area contributed by atoms with E-state index in [0.717, 1.165) is 40.4 Å². The first-order valence-electron chi connectivity index (χ1n) is 10.8. The van der Waals surface area contributed by atoms with E-state index >= 15 is 0 Å². The second-order valence-corrected chi connectivity index (χ2v) is 9.37. The molecule has 0 bridgehead atoms. The molecule has 0 saturated heterocycles. The summed E-state index contributed by atoms with van der Waals surface area (Å²) in [5.74, 6) is 1.22. The molecule has 1 aliphatic heterocycles. The van der Waals surface area contributed by atoms with Gasteiger partial charge in [0.15, 0.2) is 5.78 Å². The number of carbonyl (C=O) groups excluding carboxylic acids is 1. The van der Waals surface area contributed by atoms with Crippen LogP contribution in [0.2, 0.25) is 0 Å². The predicted octanol–water partition coefficient (Wildman–Crippen LogP) is 6.51. The van der Waals surface area contributed by atoms with Crippen LogP contribution in [0.4, 0.5) is 11.4 Å². The molecule has 0 amide bonds. The third kappa shape index (κ3) is 3.86. The Morgan fingerprint density at radius 2 is 1.74 bits per heavy atom. The summed E-state index contributed by atoms with van der Waals surface area (Å²) in [5.41, 5.74) is 4.81. The summed E-state index contributed by atoms with van der Waals surface area (Å²) in [5, 5.41) is 9.34. The van der Waals surface area contributed by atoms with Gasteiger partial charge in [-0.15, -0.1) is 11.3 Å². The molecule has 5 rings (SSSR count). The van der Waals surface area contributed by atoms with Gasteiger partial charge in [-0.3, -0.25) is 4.79 Å². The van der Waals surface area contributed by atoms with Gasteiger partial charge in [-0.1, -0.05) is 36.4 Å². The highest BCUT2D eigenvalue weighted by Gasteiger charge is 2.37. The fraction of sp³-hybridized carbons (Fsp3) is 0.269. The molecule has 2 N–H and O–H groups in total. The minimum atomic E-state index is -0.266. The van der Waals surface area contributed by atoms with Gasteiger partial charge in [0, 0.05) is 34.0 Å². The lowest BCUT2D eigenvalue weighted by Crippen LogP contribution is -2.27. The van der Waals surface area contributed by atoms with E-state index in [4.69, 9.17) is 4.74 Å². The van der Waals surface area contributed by atoms with Crippen molar-refractivity contribution in [3.05, 3.63) is 87.8 Å². The summed E-state index contributed by atoms with van der Waals surface area (Å²) in [7, 11) is 0. The second-order valence-electron chi connectivity index (χ2n) is 8.39. The molecule has 2 heterocycles. The van der Waals surface area contributed by atoms with E-state index in [1.165, 1.54) is 4.88 Å². The maximum atomic E-state index is 13.6. The highest BCUT2D eigenvalue weighted by molar-refractivity contribution is 7.10. The average molecular weight is 431 g/mol. The van der Waals surface area contributed by atoms with Gasteiger partial charge in [-0.25, -0.2) is 0 Å². The zero-order valence-corrected chi connectivity index (χ0v) is 18.5. The summed E-state index contributed by atoms with van der Waals surface area (Å²) < 4.78 is 6.13. The Kier molecular flexibility index (Phi) is 5.28. The topological polar surface area (TPSA) is 50.4 Å². The number of nitrogens with one attached hydrogen (secondary N) is 2. The normalized spacial score (nSPS) is 20.4. The number of rotatable bonds is 4. The van der Waals surface area contributed by atoms with Crippen LogP contribution >= 0.6 is 11.3 Å². The number of fused-ring (bicyclic) bond motifs is 1. The van der Waals surface area contributed by atoms with E-state index in [-0.39, 0.29) is 23.8 Å². The number of carbonyl (C=O) groups is 1. The smallest absolute Gasteiger partial charge is 0.163 e. The molecule has 2 aromatic carbocycles. The van der Waals surface area contributed by atoms with E-state index < -0.39 is 0 Å². The van der Waals surface area contributed by atoms with Gasteiger partial charge in [-0.05, 0) is 49.9 Å². The van der Waals surface area contributed by atoms with Gasteiger partial charge in [-0.2, -0.15) is 0 Å². The molecular weight excluding hydrogens is 404 g/mol. The minimum Gasteiger partial charge on any atom is -0.491 e. The highest BCUT2D eigenvalue weighted by Crippen LogP contribution is 2.46. The van der Waals surface area contributed by atoms with E-state index in [0.29, 0.717) is 6.42 Å². The van der Waals surface area contributed by atoms with Crippen molar-refractivity contribution in [2.24, 2.45) is 0 Å². The number of Topliss-reactive ketones (excluding diaryl/α,β-unsaturated/α-hetero) is 1. The first-order chi connectivity index (χ1) is 15.1. The van der Waals surface area contributed by atoms with Gasteiger partial charge in [0.1, 0.15) is 5.75 Å². The Morgan fingerprint density at radius 3 is 2.52 bits per heavy atom. The number of ketones is 1. The summed E-state index contributed by atoms with van der Waals surface area (Å²) in [6.07, 6.45) is 1.40. The molecule has 3 aromatic rings. The van der Waals surface area contributed by atoms with E-state index in [9.17, 15) is 4.79 Å². The van der Waals surface area contributed by atoms with E-state index in [1.54, 1.807) is 11.3 Å². The predicted molar refractivity (Wildman–Crippen MR) is 127 cm³/mol. The van der Waals surface area contributed by atoms with Crippen molar-refractivity contribution in [2.75, 3.05) is 10.6 Å². The van der Waals surface area contributed by atoms with Crippen LogP contribution in [0, 0.1) is 0 Å². The molecule has 1 aliphatic carbocycles. The molecule has 31 heavy (non-hydrogen) atoms. The fourth-order valence-electron chi connectivity index (χ4n) is 4.53. The van der Waals surface area contributed by atoms with Crippen LogP contribution in [0.5, 0.6) is 5.75 Å². The SMILES string of the molecule is CC(C)Oc1ccccc1[C@@H]1Nc2ccccc2NC2=C1C(=O)C[C@H](c1cccs1)C2. The quantitative estimate of drug-likeness (QED) is 0.495. The van der Waals surface area contributed by atoms with Crippen molar-refractivity contribution in [3.63, 3.8) is 0 Å². The zero-order chi connectivity index (χ0) is 21.4. The number of anilines is 2. The number of ether oxygens (including phenoxy) is 1. The van der Waals surface area contributed by atoms with Gasteiger partial charge in [0.2, 0.25) is 0 Å². The summed E-state index contributed by atoms with van der Waals surface area (Å²) in [6.45, 7) is 4.05. The molecule has 158 valence electrons. The number of benzene rings is 2. The van der Waals surface area contributed by atoms with Crippen LogP contribution in [0.25, 0.3) is 0 Å². The maximum Gasteiger partial charge on any atom is 0.163 e. The van der Waals surface area contributed by atoms with Gasteiger partial charge in [0.25, 0.3) is 0 Å². The summed E-state index contributed by atoms with van der Waals surface area (Å²) in [6, 6.07) is 20.1. The van der Waals surface area contributed by atoms with E-state index in [2.05, 4.69) is 46.3 Å². The van der Waals surface area contributed by atoms with Crippen LogP contribution in [0.1, 0.15) is 49.1 Å². The lowest BCUT2D eigenvalue weighted by atomic mass is 9.80. The maximum absolute atomic E-state index is 13.6. The molecule has 4 nitrogen and oxygen atoms in total. The van der Waals surface area contributed by atoms with Gasteiger partial charge >= 0.3 is 0 Å². The largest absolute Gasteiger partial charge is 0.491 e. The molecule has 2 atom stereocenters. The molecule has 0 radical (unpaired) electrons. The standard InChI is InChI=1S/C26H26N2O2S/c1-16(2)30-23-11-6-3-8-18(23)26-25-21(27-19-9-4-5-10-20(19)28-26)14-17(15-22(25)29)24-12-7-13-31-24/h3-13,16-17,26-28H,14-15H2,1-2H3/t17-,26+/m1/s1. The summed E-state index contributed by atoms with van der Waals surface area (Å²) in [4.78, 5) is 14.9. The van der Waals surface area contributed by atoms with Gasteiger partial charge in [0.05, 0.1) is 23.5 Å². The monoisotopic (exact) mass is 430 g/mol. The van der Waals surface area contributed by atoms with Crippen molar-refractivity contribution >= 4 is 28.5 Å². The fourth-order valence-corrected chi connectivity index (χ4v) is 5.36. The van der Waals surface area contributed by atoms with Crippen LogP contribution in [0.15, 0.2) is 77.3 Å². The van der Waals surface area contributed by atoms with Crippen molar-refractivity contribution in [2.45, 2.75) is 44.8 Å². The van der Waals surface area contributed by atoms with Gasteiger partial charge < -0.3 is 15.4 Å². The van der Waals surface area contributed by atoms with Crippen LogP contribution in [-0.2, 0) is 4.79 Å². The Hall–Kier alpha value is -3.05. The zero-order valence-electron chi connectivity index (χ0n) is 17.7. The molecular formula is C26H26N2O2S. The molecule has 2 aliphatic rings. The lowest BCUT2D eigenvalue weighted by Gasteiger charge is -2.30. The Bertz CT molecular complexity index is 1130. The highest BCUT2D eigenvalue weighted by atomic mass is 32.1. The van der Waals surface area contributed by atoms with Crippen molar-refractivity contribution in [1.29, 1.82) is 0 Å². The number of hydrogen-bond donors (Lipinski definition) is 2. The average Bonchev–Trinajstić information content (AvgIpc) is 3.23. The number of hydrogen-bond acceptors (Lipinski definition) is 5. The Labute approximate surface area is 187 Å². The van der Waals surface area contributed by atoms with Crippen LogP contribution in [-0.4, -0.2) is 11.9 Å². The number of thiophene rings is 1. The molecule has 1 aromatic heterocycles. The van der Waals surface area contributed by atoms with Crippen molar-refractivity contribution in [3.8, 4) is 5.75 Å². The third-order valence-electron chi connectivity index (χ3n) is 5.85. The van der Waals surface area contributed by atoms with E-state index in [1.807, 2.05) is 44.2 Å². The first kappa shape index (κ1) is 19.9. The van der Waals surface area contributed by atoms with Crippen molar-refractivity contribution < 1.29 is 9.53 Å². The second kappa shape index (κ2) is 8.23. The molecule has 0 saturated carbocycles.